The van der Waals surface area contributed by atoms with E-state index in [0.717, 1.165) is 0 Å². The summed E-state index contributed by atoms with van der Waals surface area (Å²) in [4.78, 5) is 15.8. The monoisotopic (exact) mass is 279 g/mol. The lowest BCUT2D eigenvalue weighted by Crippen LogP contribution is -2.15. The normalized spacial score (nSPS) is 10.2. The third-order valence-electron chi connectivity index (χ3n) is 2.39. The topological polar surface area (TPSA) is 68.0 Å². The Balaban J connectivity index is 2.01. The van der Waals surface area contributed by atoms with Gasteiger partial charge in [0, 0.05) is 11.4 Å². The molecule has 0 saturated heterocycles. The molecule has 0 saturated carbocycles. The molecular formula is C13H11ClFN3O. The molecule has 0 spiro atoms. The highest BCUT2D eigenvalue weighted by Gasteiger charge is 2.07. The second kappa shape index (κ2) is 5.67. The Morgan fingerprint density at radius 1 is 1.37 bits per heavy atom. The highest BCUT2D eigenvalue weighted by atomic mass is 35.5. The van der Waals surface area contributed by atoms with Crippen molar-refractivity contribution >= 4 is 28.9 Å². The lowest BCUT2D eigenvalue weighted by Gasteiger charge is -2.06. The Morgan fingerprint density at radius 2 is 2.16 bits per heavy atom. The van der Waals surface area contributed by atoms with Crippen LogP contribution >= 0.6 is 11.6 Å². The number of nitrogen functional groups attached to an aromatic ring is 1. The van der Waals surface area contributed by atoms with E-state index in [1.165, 1.54) is 24.4 Å². The minimum atomic E-state index is -0.528. The molecule has 4 nitrogen and oxygen atoms in total. The molecule has 2 aromatic rings. The van der Waals surface area contributed by atoms with Crippen LogP contribution in [0.15, 0.2) is 36.5 Å². The van der Waals surface area contributed by atoms with Gasteiger partial charge in [-0.15, -0.1) is 0 Å². The second-order valence-electron chi connectivity index (χ2n) is 3.94. The van der Waals surface area contributed by atoms with Crippen molar-refractivity contribution in [3.63, 3.8) is 0 Å². The molecule has 0 radical (unpaired) electrons. The summed E-state index contributed by atoms with van der Waals surface area (Å²) >= 11 is 5.62. The van der Waals surface area contributed by atoms with Crippen molar-refractivity contribution < 1.29 is 9.18 Å². The molecule has 2 rings (SSSR count). The number of carbonyl (C=O) groups is 1. The Labute approximate surface area is 114 Å². The maximum atomic E-state index is 13.0. The Kier molecular flexibility index (Phi) is 3.97. The predicted molar refractivity (Wildman–Crippen MR) is 72.4 cm³/mol. The molecule has 0 fully saturated rings. The van der Waals surface area contributed by atoms with Crippen LogP contribution < -0.4 is 11.1 Å². The molecule has 0 aliphatic heterocycles. The van der Waals surface area contributed by atoms with Gasteiger partial charge in [-0.05, 0) is 30.3 Å². The van der Waals surface area contributed by atoms with Gasteiger partial charge >= 0.3 is 0 Å². The molecule has 1 amide bonds. The largest absolute Gasteiger partial charge is 0.397 e. The van der Waals surface area contributed by atoms with Crippen molar-refractivity contribution in [2.75, 3.05) is 11.1 Å². The SMILES string of the molecule is Nc1ccc(CC(=O)Nc2ccc(F)c(Cl)c2)nc1. The molecule has 0 unspecified atom stereocenters. The van der Waals surface area contributed by atoms with Crippen molar-refractivity contribution in [2.45, 2.75) is 6.42 Å². The van der Waals surface area contributed by atoms with Crippen LogP contribution in [0.25, 0.3) is 0 Å². The van der Waals surface area contributed by atoms with E-state index in [0.29, 0.717) is 17.1 Å². The van der Waals surface area contributed by atoms with Crippen molar-refractivity contribution in [2.24, 2.45) is 0 Å². The fraction of sp³-hybridized carbons (Fsp3) is 0.0769. The zero-order valence-electron chi connectivity index (χ0n) is 9.86. The van der Waals surface area contributed by atoms with E-state index in [-0.39, 0.29) is 17.4 Å². The standard InChI is InChI=1S/C13H11ClFN3O/c14-11-5-10(3-4-12(11)15)18-13(19)6-9-2-1-8(16)7-17-9/h1-5,7H,6,16H2,(H,18,19). The van der Waals surface area contributed by atoms with Crippen LogP contribution in [0.4, 0.5) is 15.8 Å². The number of halogens is 2. The summed E-state index contributed by atoms with van der Waals surface area (Å²) in [6.45, 7) is 0. The van der Waals surface area contributed by atoms with Gasteiger partial charge in [-0.25, -0.2) is 4.39 Å². The highest BCUT2D eigenvalue weighted by molar-refractivity contribution is 6.31. The minimum Gasteiger partial charge on any atom is -0.397 e. The number of hydrogen-bond donors (Lipinski definition) is 2. The van der Waals surface area contributed by atoms with Crippen LogP contribution in [0.1, 0.15) is 5.69 Å². The second-order valence-corrected chi connectivity index (χ2v) is 4.34. The number of aromatic nitrogens is 1. The van der Waals surface area contributed by atoms with Gasteiger partial charge in [0.1, 0.15) is 5.82 Å². The van der Waals surface area contributed by atoms with E-state index in [1.807, 2.05) is 0 Å². The Bertz CT molecular complexity index is 601. The number of hydrogen-bond acceptors (Lipinski definition) is 3. The number of anilines is 2. The molecule has 0 aliphatic rings. The number of rotatable bonds is 3. The number of benzene rings is 1. The predicted octanol–water partition coefficient (Wildman–Crippen LogP) is 2.64. The van der Waals surface area contributed by atoms with E-state index in [9.17, 15) is 9.18 Å². The van der Waals surface area contributed by atoms with E-state index in [2.05, 4.69) is 10.3 Å². The van der Waals surface area contributed by atoms with Crippen LogP contribution in [0, 0.1) is 5.82 Å². The third kappa shape index (κ3) is 3.66. The van der Waals surface area contributed by atoms with E-state index < -0.39 is 5.82 Å². The summed E-state index contributed by atoms with van der Waals surface area (Å²) in [6, 6.07) is 7.33. The molecule has 1 aromatic heterocycles. The zero-order chi connectivity index (χ0) is 13.8. The number of nitrogens with one attached hydrogen (secondary N) is 1. The average Bonchev–Trinajstić information content (AvgIpc) is 2.37. The first kappa shape index (κ1) is 13.3. The van der Waals surface area contributed by atoms with Gasteiger partial charge in [-0.1, -0.05) is 11.6 Å². The maximum absolute atomic E-state index is 13.0. The van der Waals surface area contributed by atoms with Crippen LogP contribution in [0.5, 0.6) is 0 Å². The molecule has 3 N–H and O–H groups in total. The van der Waals surface area contributed by atoms with Gasteiger partial charge in [0.25, 0.3) is 0 Å². The smallest absolute Gasteiger partial charge is 0.230 e. The summed E-state index contributed by atoms with van der Waals surface area (Å²) in [5.41, 5.74) is 7.07. The van der Waals surface area contributed by atoms with Crippen LogP contribution in [0.3, 0.4) is 0 Å². The fourth-order valence-corrected chi connectivity index (χ4v) is 1.66. The summed E-state index contributed by atoms with van der Waals surface area (Å²) in [6.07, 6.45) is 1.59. The molecule has 6 heteroatoms. The lowest BCUT2D eigenvalue weighted by atomic mass is 10.2. The summed E-state index contributed by atoms with van der Waals surface area (Å²) in [5, 5.41) is 2.57. The van der Waals surface area contributed by atoms with Gasteiger partial charge in [0.05, 0.1) is 23.3 Å². The van der Waals surface area contributed by atoms with Crippen LogP contribution in [-0.2, 0) is 11.2 Å². The van der Waals surface area contributed by atoms with Gasteiger partial charge in [-0.2, -0.15) is 0 Å². The number of carbonyl (C=O) groups excluding carboxylic acids is 1. The summed E-state index contributed by atoms with van der Waals surface area (Å²) < 4.78 is 13.0. The maximum Gasteiger partial charge on any atom is 0.230 e. The van der Waals surface area contributed by atoms with Crippen LogP contribution in [0.2, 0.25) is 5.02 Å². The molecular weight excluding hydrogens is 269 g/mol. The van der Waals surface area contributed by atoms with Crippen molar-refractivity contribution in [1.29, 1.82) is 0 Å². The third-order valence-corrected chi connectivity index (χ3v) is 2.68. The summed E-state index contributed by atoms with van der Waals surface area (Å²) in [7, 11) is 0. The van der Waals surface area contributed by atoms with Gasteiger partial charge in [0.2, 0.25) is 5.91 Å². The first-order valence-corrected chi connectivity index (χ1v) is 5.88. The van der Waals surface area contributed by atoms with Crippen molar-refractivity contribution in [1.82, 2.24) is 4.98 Å². The molecule has 0 bridgehead atoms. The lowest BCUT2D eigenvalue weighted by molar-refractivity contribution is -0.115. The quantitative estimate of drug-likeness (QED) is 0.907. The first-order chi connectivity index (χ1) is 9.04. The van der Waals surface area contributed by atoms with Crippen molar-refractivity contribution in [3.8, 4) is 0 Å². The van der Waals surface area contributed by atoms with E-state index in [1.54, 1.807) is 12.1 Å². The number of nitrogens with two attached hydrogens (primary N) is 1. The van der Waals surface area contributed by atoms with E-state index in [4.69, 9.17) is 17.3 Å². The Hall–Kier alpha value is -2.14. The zero-order valence-corrected chi connectivity index (χ0v) is 10.6. The number of nitrogens with zero attached hydrogens (tertiary/aromatic N) is 1. The van der Waals surface area contributed by atoms with Crippen LogP contribution in [-0.4, -0.2) is 10.9 Å². The molecule has 19 heavy (non-hydrogen) atoms. The minimum absolute atomic E-state index is 0.0385. The molecule has 1 heterocycles. The number of pyridine rings is 1. The summed E-state index contributed by atoms with van der Waals surface area (Å²) in [5.74, 6) is -0.792. The van der Waals surface area contributed by atoms with Gasteiger partial charge in [0.15, 0.2) is 0 Å². The van der Waals surface area contributed by atoms with Gasteiger partial charge < -0.3 is 11.1 Å². The molecule has 0 aliphatic carbocycles. The first-order valence-electron chi connectivity index (χ1n) is 5.50. The fourth-order valence-electron chi connectivity index (χ4n) is 1.48. The number of amides is 1. The molecule has 1 aromatic carbocycles. The molecule has 0 atom stereocenters. The van der Waals surface area contributed by atoms with Gasteiger partial charge in [-0.3, -0.25) is 9.78 Å². The van der Waals surface area contributed by atoms with E-state index >= 15 is 0 Å². The highest BCUT2D eigenvalue weighted by Crippen LogP contribution is 2.19. The van der Waals surface area contributed by atoms with Crippen molar-refractivity contribution in [3.05, 3.63) is 53.1 Å². The average molecular weight is 280 g/mol. The Morgan fingerprint density at radius 3 is 2.79 bits per heavy atom. The molecule has 98 valence electrons.